The van der Waals surface area contributed by atoms with Gasteiger partial charge in [-0.25, -0.2) is 5.01 Å². The Kier molecular flexibility index (Phi) is 1.92. The lowest BCUT2D eigenvalue weighted by atomic mass is 9.76. The summed E-state index contributed by atoms with van der Waals surface area (Å²) in [5.41, 5.74) is 0.640. The van der Waals surface area contributed by atoms with E-state index in [1.807, 2.05) is 5.01 Å². The van der Waals surface area contributed by atoms with Gasteiger partial charge in [-0.15, -0.1) is 0 Å². The molecule has 70 valence electrons. The highest BCUT2D eigenvalue weighted by Gasteiger charge is 2.52. The Bertz CT molecular complexity index is 173. The monoisotopic (exact) mass is 168 g/mol. The number of hydrogen-bond donors (Lipinski definition) is 1. The minimum absolute atomic E-state index is 0.640. The number of hydrogen-bond acceptors (Lipinski definition) is 2. The first kappa shape index (κ1) is 8.52. The highest BCUT2D eigenvalue weighted by molar-refractivity contribution is 5.03. The van der Waals surface area contributed by atoms with E-state index in [4.69, 9.17) is 5.84 Å². The maximum atomic E-state index is 5.85. The van der Waals surface area contributed by atoms with Gasteiger partial charge in [0.25, 0.3) is 0 Å². The van der Waals surface area contributed by atoms with Crippen LogP contribution in [0.1, 0.15) is 33.1 Å². The van der Waals surface area contributed by atoms with Crippen LogP contribution in [0, 0.1) is 17.3 Å². The standard InChI is InChI=1S/C10H20N2/c1-8(2)9-3-6-12(11)7-10(9)4-5-10/h8-9H,3-7,11H2,1-2H3. The zero-order valence-electron chi connectivity index (χ0n) is 8.21. The van der Waals surface area contributed by atoms with Crippen molar-refractivity contribution < 1.29 is 0 Å². The number of piperidine rings is 1. The summed E-state index contributed by atoms with van der Waals surface area (Å²) in [7, 11) is 0. The van der Waals surface area contributed by atoms with E-state index < -0.39 is 0 Å². The third-order valence-corrected chi connectivity index (χ3v) is 3.73. The molecule has 12 heavy (non-hydrogen) atoms. The van der Waals surface area contributed by atoms with Crippen molar-refractivity contribution in [2.45, 2.75) is 33.1 Å². The fraction of sp³-hybridized carbons (Fsp3) is 1.00. The average molecular weight is 168 g/mol. The Morgan fingerprint density at radius 2 is 2.08 bits per heavy atom. The summed E-state index contributed by atoms with van der Waals surface area (Å²) in [5, 5.41) is 2.02. The van der Waals surface area contributed by atoms with E-state index in [2.05, 4.69) is 13.8 Å². The highest BCUT2D eigenvalue weighted by Crippen LogP contribution is 2.57. The third-order valence-electron chi connectivity index (χ3n) is 3.73. The normalized spacial score (nSPS) is 34.5. The van der Waals surface area contributed by atoms with Gasteiger partial charge in [0.05, 0.1) is 0 Å². The molecule has 1 unspecified atom stereocenters. The number of nitrogens with two attached hydrogens (primary N) is 1. The molecule has 2 fully saturated rings. The number of nitrogens with zero attached hydrogens (tertiary/aromatic N) is 1. The maximum absolute atomic E-state index is 5.85. The molecular weight excluding hydrogens is 148 g/mol. The number of rotatable bonds is 1. The molecule has 1 spiro atoms. The molecule has 2 rings (SSSR count). The molecule has 1 aliphatic carbocycles. The molecule has 1 saturated carbocycles. The molecule has 2 N–H and O–H groups in total. The van der Waals surface area contributed by atoms with Gasteiger partial charge in [0.15, 0.2) is 0 Å². The van der Waals surface area contributed by atoms with Gasteiger partial charge in [0, 0.05) is 13.1 Å². The van der Waals surface area contributed by atoms with Crippen LogP contribution in [-0.4, -0.2) is 18.1 Å². The lowest BCUT2D eigenvalue weighted by molar-refractivity contribution is 0.0753. The van der Waals surface area contributed by atoms with Crippen LogP contribution in [0.2, 0.25) is 0 Å². The van der Waals surface area contributed by atoms with Crippen LogP contribution in [0.4, 0.5) is 0 Å². The molecule has 1 aliphatic heterocycles. The van der Waals surface area contributed by atoms with Gasteiger partial charge in [-0.1, -0.05) is 13.8 Å². The van der Waals surface area contributed by atoms with E-state index in [9.17, 15) is 0 Å². The second-order valence-electron chi connectivity index (χ2n) is 4.97. The third kappa shape index (κ3) is 1.27. The summed E-state index contributed by atoms with van der Waals surface area (Å²) in [5.74, 6) is 7.64. The van der Waals surface area contributed by atoms with Crippen molar-refractivity contribution in [2.24, 2.45) is 23.1 Å². The van der Waals surface area contributed by atoms with Crippen molar-refractivity contribution in [2.75, 3.05) is 13.1 Å². The maximum Gasteiger partial charge on any atom is 0.0187 e. The summed E-state index contributed by atoms with van der Waals surface area (Å²) in [4.78, 5) is 0. The van der Waals surface area contributed by atoms with Crippen LogP contribution in [0.25, 0.3) is 0 Å². The van der Waals surface area contributed by atoms with Crippen molar-refractivity contribution in [3.8, 4) is 0 Å². The quantitative estimate of drug-likeness (QED) is 0.603. The van der Waals surface area contributed by atoms with Gasteiger partial charge < -0.3 is 0 Å². The highest BCUT2D eigenvalue weighted by atomic mass is 15.4. The van der Waals surface area contributed by atoms with Crippen molar-refractivity contribution >= 4 is 0 Å². The second-order valence-corrected chi connectivity index (χ2v) is 4.97. The molecule has 0 bridgehead atoms. The van der Waals surface area contributed by atoms with Crippen molar-refractivity contribution in [3.63, 3.8) is 0 Å². The zero-order chi connectivity index (χ0) is 8.77. The summed E-state index contributed by atoms with van der Waals surface area (Å²) in [6.07, 6.45) is 4.15. The molecular formula is C10H20N2. The van der Waals surface area contributed by atoms with Crippen LogP contribution in [0.3, 0.4) is 0 Å². The van der Waals surface area contributed by atoms with Crippen molar-refractivity contribution in [1.82, 2.24) is 5.01 Å². The predicted molar refractivity (Wildman–Crippen MR) is 50.4 cm³/mol. The SMILES string of the molecule is CC(C)C1CCN(N)CC12CC2. The fourth-order valence-electron chi connectivity index (χ4n) is 2.94. The van der Waals surface area contributed by atoms with Crippen LogP contribution in [0.5, 0.6) is 0 Å². The first-order valence-electron chi connectivity index (χ1n) is 5.14. The van der Waals surface area contributed by atoms with E-state index in [1.54, 1.807) is 0 Å². The van der Waals surface area contributed by atoms with Crippen LogP contribution in [-0.2, 0) is 0 Å². The fourth-order valence-corrected chi connectivity index (χ4v) is 2.94. The van der Waals surface area contributed by atoms with Crippen molar-refractivity contribution in [1.29, 1.82) is 0 Å². The summed E-state index contributed by atoms with van der Waals surface area (Å²) >= 11 is 0. The molecule has 2 aliphatic rings. The summed E-state index contributed by atoms with van der Waals surface area (Å²) < 4.78 is 0. The van der Waals surface area contributed by atoms with E-state index >= 15 is 0 Å². The van der Waals surface area contributed by atoms with Gasteiger partial charge in [0.1, 0.15) is 0 Å². The van der Waals surface area contributed by atoms with E-state index in [-0.39, 0.29) is 0 Å². The average Bonchev–Trinajstić information content (AvgIpc) is 2.68. The van der Waals surface area contributed by atoms with Gasteiger partial charge in [0.2, 0.25) is 0 Å². The lowest BCUT2D eigenvalue weighted by Crippen LogP contribution is -2.46. The predicted octanol–water partition coefficient (Wildman–Crippen LogP) is 1.62. The van der Waals surface area contributed by atoms with Gasteiger partial charge in [-0.2, -0.15) is 0 Å². The Balaban J connectivity index is 2.05. The van der Waals surface area contributed by atoms with E-state index in [0.29, 0.717) is 5.41 Å². The molecule has 0 aromatic rings. The zero-order valence-corrected chi connectivity index (χ0v) is 8.21. The van der Waals surface area contributed by atoms with E-state index in [0.717, 1.165) is 24.9 Å². The largest absolute Gasteiger partial charge is 0.269 e. The summed E-state index contributed by atoms with van der Waals surface area (Å²) in [6.45, 7) is 6.97. The molecule has 2 nitrogen and oxygen atoms in total. The molecule has 2 heteroatoms. The van der Waals surface area contributed by atoms with E-state index in [1.165, 1.54) is 19.3 Å². The lowest BCUT2D eigenvalue weighted by Gasteiger charge is -2.39. The minimum atomic E-state index is 0.640. The second kappa shape index (κ2) is 2.71. The topological polar surface area (TPSA) is 29.3 Å². The first-order valence-corrected chi connectivity index (χ1v) is 5.14. The van der Waals surface area contributed by atoms with Gasteiger partial charge >= 0.3 is 0 Å². The summed E-state index contributed by atoms with van der Waals surface area (Å²) in [6, 6.07) is 0. The molecule has 0 amide bonds. The Morgan fingerprint density at radius 3 is 2.58 bits per heavy atom. The van der Waals surface area contributed by atoms with Gasteiger partial charge in [-0.3, -0.25) is 5.84 Å². The van der Waals surface area contributed by atoms with Crippen LogP contribution < -0.4 is 5.84 Å². The van der Waals surface area contributed by atoms with Gasteiger partial charge in [-0.05, 0) is 36.5 Å². The molecule has 1 heterocycles. The first-order chi connectivity index (χ1) is 5.64. The molecule has 1 saturated heterocycles. The van der Waals surface area contributed by atoms with Crippen LogP contribution >= 0.6 is 0 Å². The van der Waals surface area contributed by atoms with Crippen molar-refractivity contribution in [3.05, 3.63) is 0 Å². The Hall–Kier alpha value is -0.0800. The number of hydrazine groups is 1. The molecule has 0 aromatic heterocycles. The molecule has 1 atom stereocenters. The smallest absolute Gasteiger partial charge is 0.0187 e. The van der Waals surface area contributed by atoms with Crippen LogP contribution in [0.15, 0.2) is 0 Å². The Labute approximate surface area is 75.1 Å². The molecule has 0 aromatic carbocycles. The molecule has 0 radical (unpaired) electrons. The Morgan fingerprint density at radius 1 is 1.42 bits per heavy atom. The minimum Gasteiger partial charge on any atom is -0.269 e.